The summed E-state index contributed by atoms with van der Waals surface area (Å²) in [5.74, 6) is 1.75. The summed E-state index contributed by atoms with van der Waals surface area (Å²) in [5, 5.41) is 12.6. The van der Waals surface area contributed by atoms with Gasteiger partial charge in [0.15, 0.2) is 0 Å². The van der Waals surface area contributed by atoms with Gasteiger partial charge >= 0.3 is 0 Å². The van der Waals surface area contributed by atoms with Crippen LogP contribution in [0, 0.1) is 17.2 Å². The van der Waals surface area contributed by atoms with Gasteiger partial charge in [-0.15, -0.1) is 0 Å². The van der Waals surface area contributed by atoms with E-state index in [-0.39, 0.29) is 0 Å². The molecule has 0 atom stereocenters. The summed E-state index contributed by atoms with van der Waals surface area (Å²) >= 11 is 0. The van der Waals surface area contributed by atoms with Crippen LogP contribution < -0.4 is 10.2 Å². The molecular weight excluding hydrogens is 346 g/mol. The van der Waals surface area contributed by atoms with Gasteiger partial charge in [-0.1, -0.05) is 32.1 Å². The molecule has 1 N–H and O–H groups in total. The molecule has 5 heteroatoms. The summed E-state index contributed by atoms with van der Waals surface area (Å²) < 4.78 is 0. The van der Waals surface area contributed by atoms with Gasteiger partial charge in [-0.2, -0.15) is 5.26 Å². The van der Waals surface area contributed by atoms with E-state index in [0.29, 0.717) is 6.42 Å². The van der Waals surface area contributed by atoms with Crippen LogP contribution in [0.2, 0.25) is 0 Å². The highest BCUT2D eigenvalue weighted by Gasteiger charge is 2.17. The number of aromatic nitrogens is 2. The third-order valence-electron chi connectivity index (χ3n) is 5.93. The molecule has 3 heterocycles. The third-order valence-corrected chi connectivity index (χ3v) is 5.93. The molecular formula is C23H29N5. The second kappa shape index (κ2) is 9.16. The minimum atomic E-state index is 0.411. The Morgan fingerprint density at radius 3 is 2.71 bits per heavy atom. The number of hydrogen-bond donors (Lipinski definition) is 1. The Bertz CT molecular complexity index is 829. The van der Waals surface area contributed by atoms with Gasteiger partial charge in [-0.3, -0.25) is 4.98 Å². The highest BCUT2D eigenvalue weighted by atomic mass is 15.2. The number of rotatable bonds is 5. The van der Waals surface area contributed by atoms with Crippen LogP contribution >= 0.6 is 0 Å². The fourth-order valence-electron chi connectivity index (χ4n) is 4.40. The summed E-state index contributed by atoms with van der Waals surface area (Å²) in [4.78, 5) is 11.9. The van der Waals surface area contributed by atoms with E-state index in [1.54, 1.807) is 0 Å². The lowest BCUT2D eigenvalue weighted by atomic mass is 9.86. The van der Waals surface area contributed by atoms with Crippen molar-refractivity contribution < 1.29 is 0 Å². The molecule has 0 radical (unpaired) electrons. The van der Waals surface area contributed by atoms with Gasteiger partial charge in [0.05, 0.1) is 18.2 Å². The number of hydrogen-bond acceptors (Lipinski definition) is 5. The Kier molecular flexibility index (Phi) is 6.18. The Morgan fingerprint density at radius 1 is 1.11 bits per heavy atom. The molecule has 1 aliphatic carbocycles. The summed E-state index contributed by atoms with van der Waals surface area (Å²) in [6.07, 6.45) is 10.1. The molecule has 1 saturated heterocycles. The Labute approximate surface area is 167 Å². The van der Waals surface area contributed by atoms with Crippen LogP contribution in [0.15, 0.2) is 30.5 Å². The monoisotopic (exact) mass is 375 g/mol. The number of piperazine rings is 1. The predicted octanol–water partition coefficient (Wildman–Crippen LogP) is 3.74. The van der Waals surface area contributed by atoms with Gasteiger partial charge < -0.3 is 10.2 Å². The Balaban J connectivity index is 1.60. The van der Waals surface area contributed by atoms with Gasteiger partial charge in [0.2, 0.25) is 0 Å². The van der Waals surface area contributed by atoms with Crippen molar-refractivity contribution in [3.8, 4) is 17.3 Å². The van der Waals surface area contributed by atoms with Crippen molar-refractivity contribution >= 4 is 5.82 Å². The van der Waals surface area contributed by atoms with Crippen LogP contribution in [0.1, 0.15) is 43.4 Å². The highest BCUT2D eigenvalue weighted by Crippen LogP contribution is 2.28. The summed E-state index contributed by atoms with van der Waals surface area (Å²) in [6, 6.07) is 10.7. The van der Waals surface area contributed by atoms with Crippen LogP contribution in [0.5, 0.6) is 0 Å². The molecule has 4 rings (SSSR count). The van der Waals surface area contributed by atoms with Crippen molar-refractivity contribution in [1.29, 1.82) is 5.26 Å². The normalized spacial score (nSPS) is 18.0. The topological polar surface area (TPSA) is 64.8 Å². The average molecular weight is 376 g/mol. The largest absolute Gasteiger partial charge is 0.354 e. The quantitative estimate of drug-likeness (QED) is 0.862. The lowest BCUT2D eigenvalue weighted by Gasteiger charge is -2.29. The van der Waals surface area contributed by atoms with E-state index in [4.69, 9.17) is 4.98 Å². The molecule has 2 fully saturated rings. The first-order valence-corrected chi connectivity index (χ1v) is 10.6. The number of anilines is 1. The smallest absolute Gasteiger partial charge is 0.129 e. The van der Waals surface area contributed by atoms with Crippen LogP contribution in [-0.2, 0) is 12.8 Å². The first-order chi connectivity index (χ1) is 13.8. The summed E-state index contributed by atoms with van der Waals surface area (Å²) in [6.45, 7) is 3.85. The zero-order valence-corrected chi connectivity index (χ0v) is 16.5. The molecule has 0 aromatic carbocycles. The van der Waals surface area contributed by atoms with Crippen molar-refractivity contribution in [3.63, 3.8) is 0 Å². The summed E-state index contributed by atoms with van der Waals surface area (Å²) in [7, 11) is 0. The molecule has 1 saturated carbocycles. The van der Waals surface area contributed by atoms with Gasteiger partial charge in [0.1, 0.15) is 5.82 Å². The number of pyridine rings is 2. The lowest BCUT2D eigenvalue weighted by Crippen LogP contribution is -2.43. The molecule has 28 heavy (non-hydrogen) atoms. The van der Waals surface area contributed by atoms with Gasteiger partial charge in [-0.25, -0.2) is 4.98 Å². The SMILES string of the molecule is N#CCc1cc(-c2ccnc(CC3CCCCC3)c2)nc(N2CCNCC2)c1. The number of nitrogens with one attached hydrogen (secondary N) is 1. The zero-order chi connectivity index (χ0) is 19.2. The molecule has 1 aliphatic heterocycles. The molecule has 0 unspecified atom stereocenters. The van der Waals surface area contributed by atoms with Gasteiger partial charge in [0.25, 0.3) is 0 Å². The van der Waals surface area contributed by atoms with Crippen LogP contribution in [-0.4, -0.2) is 36.1 Å². The molecule has 5 nitrogen and oxygen atoms in total. The van der Waals surface area contributed by atoms with Crippen molar-refractivity contribution in [2.75, 3.05) is 31.1 Å². The van der Waals surface area contributed by atoms with Gasteiger partial charge in [-0.05, 0) is 42.2 Å². The van der Waals surface area contributed by atoms with Crippen molar-refractivity contribution in [2.24, 2.45) is 5.92 Å². The lowest BCUT2D eigenvalue weighted by molar-refractivity contribution is 0.354. The van der Waals surface area contributed by atoms with E-state index >= 15 is 0 Å². The molecule has 0 bridgehead atoms. The first-order valence-electron chi connectivity index (χ1n) is 10.6. The molecule has 2 aromatic heterocycles. The van der Waals surface area contributed by atoms with E-state index in [1.165, 1.54) is 37.8 Å². The first kappa shape index (κ1) is 18.9. The van der Waals surface area contributed by atoms with Crippen molar-refractivity contribution in [2.45, 2.75) is 44.9 Å². The van der Waals surface area contributed by atoms with Gasteiger partial charge in [0, 0.05) is 43.6 Å². The third kappa shape index (κ3) is 4.69. The van der Waals surface area contributed by atoms with Crippen molar-refractivity contribution in [1.82, 2.24) is 15.3 Å². The zero-order valence-electron chi connectivity index (χ0n) is 16.5. The maximum atomic E-state index is 9.20. The number of nitriles is 1. The molecule has 2 aliphatic rings. The average Bonchev–Trinajstić information content (AvgIpc) is 2.75. The maximum Gasteiger partial charge on any atom is 0.129 e. The minimum Gasteiger partial charge on any atom is -0.354 e. The van der Waals surface area contributed by atoms with E-state index in [1.807, 2.05) is 12.3 Å². The maximum absolute atomic E-state index is 9.20. The second-order valence-electron chi connectivity index (χ2n) is 8.03. The fourth-order valence-corrected chi connectivity index (χ4v) is 4.40. The van der Waals surface area contributed by atoms with E-state index in [0.717, 1.165) is 61.2 Å². The predicted molar refractivity (Wildman–Crippen MR) is 112 cm³/mol. The van der Waals surface area contributed by atoms with Crippen LogP contribution in [0.4, 0.5) is 5.82 Å². The molecule has 146 valence electrons. The van der Waals surface area contributed by atoms with Crippen LogP contribution in [0.25, 0.3) is 11.3 Å². The summed E-state index contributed by atoms with van der Waals surface area (Å²) in [5.41, 5.74) is 4.26. The van der Waals surface area contributed by atoms with Crippen molar-refractivity contribution in [3.05, 3.63) is 41.7 Å². The highest BCUT2D eigenvalue weighted by molar-refractivity contribution is 5.63. The molecule has 2 aromatic rings. The number of nitrogens with zero attached hydrogens (tertiary/aromatic N) is 4. The van der Waals surface area contributed by atoms with E-state index < -0.39 is 0 Å². The Hall–Kier alpha value is -2.45. The van der Waals surface area contributed by atoms with E-state index in [2.05, 4.69) is 39.5 Å². The van der Waals surface area contributed by atoms with Crippen LogP contribution in [0.3, 0.4) is 0 Å². The Morgan fingerprint density at radius 2 is 1.93 bits per heavy atom. The fraction of sp³-hybridized carbons (Fsp3) is 0.522. The molecule has 0 spiro atoms. The molecule has 0 amide bonds. The standard InChI is InChI=1S/C23H29N5/c24-8-6-19-15-22(27-23(16-19)28-12-10-25-11-13-28)20-7-9-26-21(17-20)14-18-4-2-1-3-5-18/h7,9,15-18,25H,1-6,10-14H2. The second-order valence-corrected chi connectivity index (χ2v) is 8.03. The minimum absolute atomic E-state index is 0.411. The van der Waals surface area contributed by atoms with E-state index in [9.17, 15) is 5.26 Å².